The summed E-state index contributed by atoms with van der Waals surface area (Å²) in [6, 6.07) is 7.84. The Morgan fingerprint density at radius 3 is 2.67 bits per heavy atom. The third-order valence-electron chi connectivity index (χ3n) is 2.97. The van der Waals surface area contributed by atoms with Crippen molar-refractivity contribution in [2.24, 2.45) is 0 Å². The molecule has 0 atom stereocenters. The fourth-order valence-electron chi connectivity index (χ4n) is 1.94. The molecule has 0 saturated heterocycles. The van der Waals surface area contributed by atoms with E-state index < -0.39 is 0 Å². The Bertz CT molecular complexity index is 476. The SMILES string of the molecule is C=C1C=CN(CCCc2ccc(Cl)cc2)C(=O)C1. The van der Waals surface area contributed by atoms with E-state index in [2.05, 4.69) is 6.58 Å². The van der Waals surface area contributed by atoms with Gasteiger partial charge in [0.1, 0.15) is 0 Å². The van der Waals surface area contributed by atoms with E-state index in [1.54, 1.807) is 4.90 Å². The molecule has 0 aromatic heterocycles. The molecule has 0 spiro atoms. The van der Waals surface area contributed by atoms with Crippen molar-refractivity contribution in [3.63, 3.8) is 0 Å². The third kappa shape index (κ3) is 3.47. The molecule has 1 aliphatic heterocycles. The Morgan fingerprint density at radius 2 is 2.00 bits per heavy atom. The standard InChI is InChI=1S/C15H16ClNO/c1-12-8-10-17(15(18)11-12)9-2-3-13-4-6-14(16)7-5-13/h4-8,10H,1-3,9,11H2. The predicted molar refractivity (Wildman–Crippen MR) is 74.4 cm³/mol. The van der Waals surface area contributed by atoms with Crippen LogP contribution in [0.15, 0.2) is 48.7 Å². The number of benzene rings is 1. The van der Waals surface area contributed by atoms with E-state index in [4.69, 9.17) is 11.6 Å². The number of allylic oxidation sites excluding steroid dienone is 1. The van der Waals surface area contributed by atoms with Crippen LogP contribution >= 0.6 is 11.6 Å². The minimum atomic E-state index is 0.138. The molecule has 0 unspecified atom stereocenters. The van der Waals surface area contributed by atoms with Gasteiger partial charge in [0, 0.05) is 17.8 Å². The molecule has 94 valence electrons. The van der Waals surface area contributed by atoms with Gasteiger partial charge in [-0.1, -0.05) is 30.3 Å². The summed E-state index contributed by atoms with van der Waals surface area (Å²) in [7, 11) is 0. The van der Waals surface area contributed by atoms with Gasteiger partial charge in [0.2, 0.25) is 5.91 Å². The van der Waals surface area contributed by atoms with Crippen LogP contribution in [0, 0.1) is 0 Å². The number of hydrogen-bond donors (Lipinski definition) is 0. The van der Waals surface area contributed by atoms with Crippen molar-refractivity contribution in [1.82, 2.24) is 4.90 Å². The second kappa shape index (κ2) is 5.87. The lowest BCUT2D eigenvalue weighted by molar-refractivity contribution is -0.128. The van der Waals surface area contributed by atoms with E-state index in [0.29, 0.717) is 6.42 Å². The van der Waals surface area contributed by atoms with E-state index >= 15 is 0 Å². The van der Waals surface area contributed by atoms with Crippen LogP contribution in [0.1, 0.15) is 18.4 Å². The first-order chi connectivity index (χ1) is 8.65. The fourth-order valence-corrected chi connectivity index (χ4v) is 2.06. The number of amides is 1. The molecule has 0 aliphatic carbocycles. The van der Waals surface area contributed by atoms with E-state index in [1.165, 1.54) is 5.56 Å². The highest BCUT2D eigenvalue weighted by Gasteiger charge is 2.14. The van der Waals surface area contributed by atoms with Crippen molar-refractivity contribution in [2.75, 3.05) is 6.54 Å². The smallest absolute Gasteiger partial charge is 0.230 e. The monoisotopic (exact) mass is 261 g/mol. The lowest BCUT2D eigenvalue weighted by Gasteiger charge is -2.22. The Morgan fingerprint density at radius 1 is 1.28 bits per heavy atom. The van der Waals surface area contributed by atoms with Gasteiger partial charge < -0.3 is 4.90 Å². The van der Waals surface area contributed by atoms with Crippen molar-refractivity contribution in [2.45, 2.75) is 19.3 Å². The first-order valence-corrected chi connectivity index (χ1v) is 6.43. The van der Waals surface area contributed by atoms with Crippen LogP contribution < -0.4 is 0 Å². The highest BCUT2D eigenvalue weighted by molar-refractivity contribution is 6.30. The number of carbonyl (C=O) groups excluding carboxylic acids is 1. The second-order valence-electron chi connectivity index (χ2n) is 4.47. The largest absolute Gasteiger partial charge is 0.319 e. The molecule has 0 saturated carbocycles. The highest BCUT2D eigenvalue weighted by atomic mass is 35.5. The number of hydrogen-bond acceptors (Lipinski definition) is 1. The summed E-state index contributed by atoms with van der Waals surface area (Å²) < 4.78 is 0. The van der Waals surface area contributed by atoms with Crippen LogP contribution in [0.2, 0.25) is 5.02 Å². The van der Waals surface area contributed by atoms with E-state index in [9.17, 15) is 4.79 Å². The zero-order valence-corrected chi connectivity index (χ0v) is 11.0. The van der Waals surface area contributed by atoms with Gasteiger partial charge in [0.25, 0.3) is 0 Å². The minimum Gasteiger partial charge on any atom is -0.319 e. The summed E-state index contributed by atoms with van der Waals surface area (Å²) in [5.41, 5.74) is 2.13. The summed E-state index contributed by atoms with van der Waals surface area (Å²) in [4.78, 5) is 13.5. The van der Waals surface area contributed by atoms with Crippen molar-refractivity contribution < 1.29 is 4.79 Å². The second-order valence-corrected chi connectivity index (χ2v) is 4.90. The lowest BCUT2D eigenvalue weighted by Crippen LogP contribution is -2.29. The number of rotatable bonds is 4. The Kier molecular flexibility index (Phi) is 4.21. The maximum absolute atomic E-state index is 11.7. The number of halogens is 1. The van der Waals surface area contributed by atoms with Gasteiger partial charge in [-0.25, -0.2) is 0 Å². The fraction of sp³-hybridized carbons (Fsp3) is 0.267. The van der Waals surface area contributed by atoms with Gasteiger partial charge in [0.15, 0.2) is 0 Å². The summed E-state index contributed by atoms with van der Waals surface area (Å²) >= 11 is 5.83. The molecule has 1 aromatic carbocycles. The maximum Gasteiger partial charge on any atom is 0.230 e. The Balaban J connectivity index is 1.82. The normalized spacial score (nSPS) is 15.3. The van der Waals surface area contributed by atoms with E-state index in [0.717, 1.165) is 30.0 Å². The summed E-state index contributed by atoms with van der Waals surface area (Å²) in [5, 5.41) is 0.756. The molecular weight excluding hydrogens is 246 g/mol. The molecule has 3 heteroatoms. The summed E-state index contributed by atoms with van der Waals surface area (Å²) in [6.45, 7) is 4.54. The van der Waals surface area contributed by atoms with Crippen LogP contribution in [0.4, 0.5) is 0 Å². The number of carbonyl (C=O) groups is 1. The zero-order valence-electron chi connectivity index (χ0n) is 10.2. The molecule has 1 amide bonds. The predicted octanol–water partition coefficient (Wildman–Crippen LogP) is 3.57. The molecule has 1 aromatic rings. The molecule has 1 aliphatic rings. The quantitative estimate of drug-likeness (QED) is 0.811. The molecule has 0 fully saturated rings. The summed E-state index contributed by atoms with van der Waals surface area (Å²) in [5.74, 6) is 0.138. The van der Waals surface area contributed by atoms with Gasteiger partial charge in [-0.3, -0.25) is 4.79 Å². The Hall–Kier alpha value is -1.54. The van der Waals surface area contributed by atoms with Crippen molar-refractivity contribution in [3.05, 3.63) is 59.3 Å². The first kappa shape index (κ1) is 12.9. The van der Waals surface area contributed by atoms with Gasteiger partial charge in [-0.15, -0.1) is 0 Å². The van der Waals surface area contributed by atoms with Gasteiger partial charge >= 0.3 is 0 Å². The number of nitrogens with zero attached hydrogens (tertiary/aromatic N) is 1. The topological polar surface area (TPSA) is 20.3 Å². The zero-order chi connectivity index (χ0) is 13.0. The molecule has 2 rings (SSSR count). The average molecular weight is 262 g/mol. The maximum atomic E-state index is 11.7. The van der Waals surface area contributed by atoms with Crippen LogP contribution in [-0.4, -0.2) is 17.4 Å². The molecule has 18 heavy (non-hydrogen) atoms. The number of aryl methyl sites for hydroxylation is 1. The highest BCUT2D eigenvalue weighted by Crippen LogP contribution is 2.14. The van der Waals surface area contributed by atoms with Crippen molar-refractivity contribution in [1.29, 1.82) is 0 Å². The summed E-state index contributed by atoms with van der Waals surface area (Å²) in [6.07, 6.45) is 6.08. The molecule has 2 nitrogen and oxygen atoms in total. The lowest BCUT2D eigenvalue weighted by atomic mass is 10.1. The molecular formula is C15H16ClNO. The Labute approximate surface area is 113 Å². The minimum absolute atomic E-state index is 0.138. The van der Waals surface area contributed by atoms with E-state index in [1.807, 2.05) is 36.5 Å². The van der Waals surface area contributed by atoms with E-state index in [-0.39, 0.29) is 5.91 Å². The first-order valence-electron chi connectivity index (χ1n) is 6.05. The van der Waals surface area contributed by atoms with Crippen LogP contribution in [-0.2, 0) is 11.2 Å². The van der Waals surface area contributed by atoms with Crippen LogP contribution in [0.3, 0.4) is 0 Å². The molecule has 0 bridgehead atoms. The van der Waals surface area contributed by atoms with Crippen molar-refractivity contribution in [3.8, 4) is 0 Å². The third-order valence-corrected chi connectivity index (χ3v) is 3.22. The van der Waals surface area contributed by atoms with Gasteiger partial charge in [0.05, 0.1) is 6.42 Å². The average Bonchev–Trinajstić information content (AvgIpc) is 2.34. The molecule has 0 radical (unpaired) electrons. The van der Waals surface area contributed by atoms with Crippen LogP contribution in [0.5, 0.6) is 0 Å². The van der Waals surface area contributed by atoms with Gasteiger partial charge in [-0.05, 0) is 42.2 Å². The van der Waals surface area contributed by atoms with Crippen LogP contribution in [0.25, 0.3) is 0 Å². The van der Waals surface area contributed by atoms with Crippen molar-refractivity contribution >= 4 is 17.5 Å². The molecule has 1 heterocycles. The van der Waals surface area contributed by atoms with Gasteiger partial charge in [-0.2, -0.15) is 0 Å². The molecule has 0 N–H and O–H groups in total.